The normalized spacial score (nSPS) is 19.9. The number of carbonyl (C=O) groups is 1. The van der Waals surface area contributed by atoms with E-state index in [1.165, 1.54) is 10.9 Å². The summed E-state index contributed by atoms with van der Waals surface area (Å²) < 4.78 is 5.34. The molecule has 1 amide bonds. The summed E-state index contributed by atoms with van der Waals surface area (Å²) in [6.07, 6.45) is 2.10. The molecule has 0 radical (unpaired) electrons. The van der Waals surface area contributed by atoms with Gasteiger partial charge in [-0.2, -0.15) is 0 Å². The van der Waals surface area contributed by atoms with Crippen molar-refractivity contribution in [1.82, 2.24) is 19.7 Å². The number of nitrogens with one attached hydrogen (secondary N) is 1. The Bertz CT molecular complexity index is 787. The maximum absolute atomic E-state index is 12.7. The van der Waals surface area contributed by atoms with E-state index in [-0.39, 0.29) is 5.91 Å². The van der Waals surface area contributed by atoms with Crippen molar-refractivity contribution in [1.29, 1.82) is 0 Å². The smallest absolute Gasteiger partial charge is 0.254 e. The first kappa shape index (κ1) is 18.5. The highest BCUT2D eigenvalue weighted by Gasteiger charge is 2.21. The number of carbonyl (C=O) groups excluding carboxylic acids is 1. The average Bonchev–Trinajstić information content (AvgIpc) is 3.10. The standard InChI is InChI=1S/C21H30N4O2/c1-16(2)24-7-5-23(6-8-24)15-18-14-22-20-13-17(3-4-19(18)20)21(26)25-9-11-27-12-10-25/h3-4,13-14,16,22H,5-12,15H2,1-2H3. The number of amides is 1. The van der Waals surface area contributed by atoms with E-state index in [0.717, 1.165) is 43.8 Å². The summed E-state index contributed by atoms with van der Waals surface area (Å²) in [6, 6.07) is 6.68. The Kier molecular flexibility index (Phi) is 5.48. The van der Waals surface area contributed by atoms with Crippen LogP contribution in [0.5, 0.6) is 0 Å². The Morgan fingerprint density at radius 1 is 1.11 bits per heavy atom. The summed E-state index contributed by atoms with van der Waals surface area (Å²) in [5, 5.41) is 1.22. The van der Waals surface area contributed by atoms with E-state index in [1.54, 1.807) is 0 Å². The number of nitrogens with zero attached hydrogens (tertiary/aromatic N) is 3. The molecule has 0 atom stereocenters. The number of H-pyrrole nitrogens is 1. The van der Waals surface area contributed by atoms with E-state index in [4.69, 9.17) is 4.74 Å². The van der Waals surface area contributed by atoms with E-state index < -0.39 is 0 Å². The zero-order valence-corrected chi connectivity index (χ0v) is 16.4. The van der Waals surface area contributed by atoms with Crippen LogP contribution in [0.1, 0.15) is 29.8 Å². The van der Waals surface area contributed by atoms with Gasteiger partial charge in [-0.05, 0) is 31.5 Å². The SMILES string of the molecule is CC(C)N1CCN(Cc2c[nH]c3cc(C(=O)N4CCOCC4)ccc23)CC1. The summed E-state index contributed by atoms with van der Waals surface area (Å²) in [6.45, 7) is 12.6. The van der Waals surface area contributed by atoms with Crippen LogP contribution < -0.4 is 0 Å². The molecular formula is C21H30N4O2. The molecule has 27 heavy (non-hydrogen) atoms. The molecule has 0 aliphatic carbocycles. The number of rotatable bonds is 4. The lowest BCUT2D eigenvalue weighted by Crippen LogP contribution is -2.48. The van der Waals surface area contributed by atoms with Crippen molar-refractivity contribution in [3.63, 3.8) is 0 Å². The number of benzene rings is 1. The first-order valence-corrected chi connectivity index (χ1v) is 10.1. The van der Waals surface area contributed by atoms with Crippen molar-refractivity contribution in [2.24, 2.45) is 0 Å². The summed E-state index contributed by atoms with van der Waals surface area (Å²) >= 11 is 0. The minimum absolute atomic E-state index is 0.0983. The highest BCUT2D eigenvalue weighted by molar-refractivity contribution is 5.98. The number of fused-ring (bicyclic) bond motifs is 1. The minimum atomic E-state index is 0.0983. The van der Waals surface area contributed by atoms with Crippen LogP contribution in [0.3, 0.4) is 0 Å². The van der Waals surface area contributed by atoms with Gasteiger partial charge in [0.25, 0.3) is 5.91 Å². The fourth-order valence-corrected chi connectivity index (χ4v) is 4.08. The maximum Gasteiger partial charge on any atom is 0.254 e. The number of hydrogen-bond donors (Lipinski definition) is 1. The molecule has 1 aromatic heterocycles. The molecular weight excluding hydrogens is 340 g/mol. The Hall–Kier alpha value is -1.89. The summed E-state index contributed by atoms with van der Waals surface area (Å²) in [5.74, 6) is 0.0983. The third kappa shape index (κ3) is 4.03. The van der Waals surface area contributed by atoms with Gasteiger partial charge in [0.15, 0.2) is 0 Å². The topological polar surface area (TPSA) is 51.8 Å². The number of aromatic amines is 1. The number of morpholine rings is 1. The second-order valence-electron chi connectivity index (χ2n) is 7.88. The Morgan fingerprint density at radius 2 is 1.85 bits per heavy atom. The van der Waals surface area contributed by atoms with Gasteiger partial charge in [0.2, 0.25) is 0 Å². The van der Waals surface area contributed by atoms with Gasteiger partial charge < -0.3 is 14.6 Å². The first-order chi connectivity index (χ1) is 13.1. The molecule has 0 spiro atoms. The molecule has 3 heterocycles. The molecule has 2 aromatic rings. The van der Waals surface area contributed by atoms with Gasteiger partial charge in [-0.3, -0.25) is 14.6 Å². The lowest BCUT2D eigenvalue weighted by molar-refractivity contribution is 0.0303. The van der Waals surface area contributed by atoms with Crippen LogP contribution in [0, 0.1) is 0 Å². The van der Waals surface area contributed by atoms with Crippen molar-refractivity contribution in [2.45, 2.75) is 26.4 Å². The van der Waals surface area contributed by atoms with Crippen molar-refractivity contribution >= 4 is 16.8 Å². The third-order valence-corrected chi connectivity index (χ3v) is 5.84. The second-order valence-corrected chi connectivity index (χ2v) is 7.88. The van der Waals surface area contributed by atoms with Gasteiger partial charge >= 0.3 is 0 Å². The molecule has 1 aromatic carbocycles. The van der Waals surface area contributed by atoms with Crippen molar-refractivity contribution in [2.75, 3.05) is 52.5 Å². The molecule has 2 aliphatic rings. The molecule has 2 saturated heterocycles. The Balaban J connectivity index is 1.44. The number of ether oxygens (including phenoxy) is 1. The number of piperazine rings is 1. The molecule has 6 heteroatoms. The average molecular weight is 370 g/mol. The predicted octanol–water partition coefficient (Wildman–Crippen LogP) is 2.17. The summed E-state index contributed by atoms with van der Waals surface area (Å²) in [4.78, 5) is 23.0. The predicted molar refractivity (Wildman–Crippen MR) is 107 cm³/mol. The lowest BCUT2D eigenvalue weighted by Gasteiger charge is -2.36. The van der Waals surface area contributed by atoms with Gasteiger partial charge in [-0.25, -0.2) is 0 Å². The summed E-state index contributed by atoms with van der Waals surface area (Å²) in [7, 11) is 0. The zero-order chi connectivity index (χ0) is 18.8. The van der Waals surface area contributed by atoms with Gasteiger partial charge in [0, 0.05) is 74.5 Å². The molecule has 2 fully saturated rings. The molecule has 0 unspecified atom stereocenters. The van der Waals surface area contributed by atoms with Crippen LogP contribution in [0.15, 0.2) is 24.4 Å². The van der Waals surface area contributed by atoms with Gasteiger partial charge in [-0.1, -0.05) is 6.07 Å². The molecule has 4 rings (SSSR count). The zero-order valence-electron chi connectivity index (χ0n) is 16.4. The molecule has 2 aliphatic heterocycles. The van der Waals surface area contributed by atoms with Crippen molar-refractivity contribution in [3.8, 4) is 0 Å². The van der Waals surface area contributed by atoms with Gasteiger partial charge in [0.1, 0.15) is 0 Å². The molecule has 146 valence electrons. The van der Waals surface area contributed by atoms with E-state index in [2.05, 4.69) is 40.9 Å². The molecule has 0 saturated carbocycles. The molecule has 1 N–H and O–H groups in total. The quantitative estimate of drug-likeness (QED) is 0.896. The van der Waals surface area contributed by atoms with E-state index in [1.807, 2.05) is 17.0 Å². The van der Waals surface area contributed by atoms with Crippen LogP contribution in [-0.4, -0.2) is 84.1 Å². The van der Waals surface area contributed by atoms with E-state index in [9.17, 15) is 4.79 Å². The minimum Gasteiger partial charge on any atom is -0.378 e. The number of aromatic nitrogens is 1. The Labute approximate surface area is 161 Å². The van der Waals surface area contributed by atoms with Crippen molar-refractivity contribution in [3.05, 3.63) is 35.5 Å². The first-order valence-electron chi connectivity index (χ1n) is 10.1. The number of hydrogen-bond acceptors (Lipinski definition) is 4. The van der Waals surface area contributed by atoms with E-state index >= 15 is 0 Å². The van der Waals surface area contributed by atoms with Gasteiger partial charge in [-0.15, -0.1) is 0 Å². The fourth-order valence-electron chi connectivity index (χ4n) is 4.08. The van der Waals surface area contributed by atoms with Crippen molar-refractivity contribution < 1.29 is 9.53 Å². The highest BCUT2D eigenvalue weighted by Crippen LogP contribution is 2.23. The fraction of sp³-hybridized carbons (Fsp3) is 0.571. The lowest BCUT2D eigenvalue weighted by atomic mass is 10.1. The van der Waals surface area contributed by atoms with Crippen LogP contribution in [0.2, 0.25) is 0 Å². The summed E-state index contributed by atoms with van der Waals surface area (Å²) in [5.41, 5.74) is 3.11. The highest BCUT2D eigenvalue weighted by atomic mass is 16.5. The van der Waals surface area contributed by atoms with Crippen LogP contribution in [0.25, 0.3) is 10.9 Å². The monoisotopic (exact) mass is 370 g/mol. The largest absolute Gasteiger partial charge is 0.378 e. The van der Waals surface area contributed by atoms with E-state index in [0.29, 0.717) is 32.3 Å². The van der Waals surface area contributed by atoms with Crippen LogP contribution in [-0.2, 0) is 11.3 Å². The maximum atomic E-state index is 12.7. The van der Waals surface area contributed by atoms with Crippen LogP contribution >= 0.6 is 0 Å². The van der Waals surface area contributed by atoms with Crippen LogP contribution in [0.4, 0.5) is 0 Å². The molecule has 6 nitrogen and oxygen atoms in total. The molecule has 0 bridgehead atoms. The Morgan fingerprint density at radius 3 is 2.56 bits per heavy atom. The van der Waals surface area contributed by atoms with Gasteiger partial charge in [0.05, 0.1) is 13.2 Å². The third-order valence-electron chi connectivity index (χ3n) is 5.84. The second kappa shape index (κ2) is 8.00.